The molecule has 10 heteroatoms. The standard InChI is InChI=1S/C17H7F2N5O3/c18-11-1-2-17(15(19)3-11)27-14-5-12(4-13(6-14)24(25)26)23-16(9-22)10(7-20)8-21/h1-6,23H. The van der Waals surface area contributed by atoms with E-state index < -0.39 is 33.5 Å². The highest BCUT2D eigenvalue weighted by Gasteiger charge is 2.15. The van der Waals surface area contributed by atoms with Crippen LogP contribution in [0.5, 0.6) is 11.5 Å². The number of nitrogens with one attached hydrogen (secondary N) is 1. The minimum absolute atomic E-state index is 0.0544. The zero-order valence-corrected chi connectivity index (χ0v) is 13.2. The molecule has 0 radical (unpaired) electrons. The lowest BCUT2D eigenvalue weighted by atomic mass is 10.2. The lowest BCUT2D eigenvalue weighted by Gasteiger charge is -2.10. The Hall–Kier alpha value is -4.49. The first kappa shape index (κ1) is 18.8. The third kappa shape index (κ3) is 4.53. The zero-order chi connectivity index (χ0) is 20.0. The molecule has 0 unspecified atom stereocenters. The molecule has 27 heavy (non-hydrogen) atoms. The monoisotopic (exact) mass is 367 g/mol. The van der Waals surface area contributed by atoms with Crippen LogP contribution < -0.4 is 10.1 Å². The van der Waals surface area contributed by atoms with E-state index in [1.807, 2.05) is 0 Å². The van der Waals surface area contributed by atoms with Crippen LogP contribution in [-0.4, -0.2) is 4.92 Å². The Balaban J connectivity index is 2.47. The van der Waals surface area contributed by atoms with Crippen molar-refractivity contribution < 1.29 is 18.4 Å². The molecule has 132 valence electrons. The van der Waals surface area contributed by atoms with Crippen molar-refractivity contribution in [2.24, 2.45) is 0 Å². The van der Waals surface area contributed by atoms with Crippen LogP contribution in [0.4, 0.5) is 20.2 Å². The molecule has 0 saturated heterocycles. The van der Waals surface area contributed by atoms with Gasteiger partial charge in [-0.2, -0.15) is 15.8 Å². The molecule has 0 aromatic heterocycles. The van der Waals surface area contributed by atoms with Crippen LogP contribution in [0.3, 0.4) is 0 Å². The van der Waals surface area contributed by atoms with Crippen molar-refractivity contribution in [2.75, 3.05) is 5.32 Å². The third-order valence-electron chi connectivity index (χ3n) is 3.08. The van der Waals surface area contributed by atoms with Crippen molar-refractivity contribution in [1.82, 2.24) is 0 Å². The Morgan fingerprint density at radius 1 is 1.07 bits per heavy atom. The number of ether oxygens (including phenoxy) is 1. The highest BCUT2D eigenvalue weighted by atomic mass is 19.1. The third-order valence-corrected chi connectivity index (χ3v) is 3.08. The summed E-state index contributed by atoms with van der Waals surface area (Å²) in [4.78, 5) is 10.3. The normalized spacial score (nSPS) is 9.30. The van der Waals surface area contributed by atoms with Gasteiger partial charge in [-0.1, -0.05) is 0 Å². The number of halogens is 2. The van der Waals surface area contributed by atoms with Gasteiger partial charge in [0, 0.05) is 23.9 Å². The maximum Gasteiger partial charge on any atom is 0.275 e. The van der Waals surface area contributed by atoms with Crippen molar-refractivity contribution in [3.05, 3.63) is 69.4 Å². The lowest BCUT2D eigenvalue weighted by molar-refractivity contribution is -0.384. The van der Waals surface area contributed by atoms with Crippen molar-refractivity contribution in [1.29, 1.82) is 15.8 Å². The minimum atomic E-state index is -1.02. The van der Waals surface area contributed by atoms with Crippen molar-refractivity contribution in [3.8, 4) is 29.7 Å². The van der Waals surface area contributed by atoms with E-state index >= 15 is 0 Å². The average molecular weight is 367 g/mol. The summed E-state index contributed by atoms with van der Waals surface area (Å²) in [7, 11) is 0. The first-order chi connectivity index (χ1) is 12.9. The molecule has 2 aromatic rings. The molecule has 0 aliphatic carbocycles. The van der Waals surface area contributed by atoms with Crippen LogP contribution in [0.1, 0.15) is 0 Å². The van der Waals surface area contributed by atoms with Gasteiger partial charge in [-0.15, -0.1) is 0 Å². The van der Waals surface area contributed by atoms with Crippen LogP contribution in [0.25, 0.3) is 0 Å². The van der Waals surface area contributed by atoms with Crippen molar-refractivity contribution >= 4 is 11.4 Å². The summed E-state index contributed by atoms with van der Waals surface area (Å²) >= 11 is 0. The number of nitriles is 3. The molecule has 0 amide bonds. The molecule has 2 rings (SSSR count). The summed E-state index contributed by atoms with van der Waals surface area (Å²) in [6, 6.07) is 10.3. The first-order valence-corrected chi connectivity index (χ1v) is 7.02. The van der Waals surface area contributed by atoms with Crippen LogP contribution in [0.15, 0.2) is 47.7 Å². The highest BCUT2D eigenvalue weighted by molar-refractivity contribution is 5.63. The van der Waals surface area contributed by atoms with Gasteiger partial charge >= 0.3 is 0 Å². The van der Waals surface area contributed by atoms with Gasteiger partial charge in [0.2, 0.25) is 0 Å². The first-order valence-electron chi connectivity index (χ1n) is 7.02. The number of non-ortho nitro benzene ring substituents is 1. The molecule has 0 fully saturated rings. The summed E-state index contributed by atoms with van der Waals surface area (Å²) in [6.45, 7) is 0. The zero-order valence-electron chi connectivity index (χ0n) is 13.2. The van der Waals surface area contributed by atoms with Gasteiger partial charge < -0.3 is 10.1 Å². The molecule has 0 spiro atoms. The molecule has 0 atom stereocenters. The lowest BCUT2D eigenvalue weighted by Crippen LogP contribution is -2.02. The Morgan fingerprint density at radius 2 is 1.78 bits per heavy atom. The molecule has 8 nitrogen and oxygen atoms in total. The van der Waals surface area contributed by atoms with E-state index in [0.29, 0.717) is 6.07 Å². The van der Waals surface area contributed by atoms with E-state index in [1.165, 1.54) is 18.2 Å². The molecule has 2 aromatic carbocycles. The molecule has 0 saturated carbocycles. The predicted octanol–water partition coefficient (Wildman–Crippen LogP) is 3.90. The predicted molar refractivity (Wildman–Crippen MR) is 87.0 cm³/mol. The van der Waals surface area contributed by atoms with Crippen molar-refractivity contribution in [3.63, 3.8) is 0 Å². The quantitative estimate of drug-likeness (QED) is 0.481. The van der Waals surface area contributed by atoms with E-state index in [2.05, 4.69) is 5.32 Å². The fourth-order valence-corrected chi connectivity index (χ4v) is 1.93. The Bertz CT molecular complexity index is 1060. The second-order valence-corrected chi connectivity index (χ2v) is 4.86. The summed E-state index contributed by atoms with van der Waals surface area (Å²) in [5, 5.41) is 40.2. The van der Waals surface area contributed by atoms with Gasteiger partial charge in [-0.05, 0) is 12.1 Å². The SMILES string of the molecule is N#CC(C#N)=C(C#N)Nc1cc(Oc2ccc(F)cc2F)cc([N+](=O)[O-])c1. The molecule has 0 aliphatic heterocycles. The van der Waals surface area contributed by atoms with Gasteiger partial charge in [0.15, 0.2) is 17.1 Å². The summed E-state index contributed by atoms with van der Waals surface area (Å²) in [6.07, 6.45) is 0. The van der Waals surface area contributed by atoms with Gasteiger partial charge in [0.1, 0.15) is 35.5 Å². The summed E-state index contributed by atoms with van der Waals surface area (Å²) in [5.74, 6) is -2.42. The number of hydrogen-bond acceptors (Lipinski definition) is 7. The van der Waals surface area contributed by atoms with E-state index in [-0.39, 0.29) is 17.2 Å². The number of allylic oxidation sites excluding steroid dienone is 2. The van der Waals surface area contributed by atoms with Gasteiger partial charge in [-0.3, -0.25) is 10.1 Å². The van der Waals surface area contributed by atoms with E-state index in [1.54, 1.807) is 6.07 Å². The number of nitro benzene ring substituents is 1. The highest BCUT2D eigenvalue weighted by Crippen LogP contribution is 2.31. The fraction of sp³-hybridized carbons (Fsp3) is 0. The fourth-order valence-electron chi connectivity index (χ4n) is 1.93. The van der Waals surface area contributed by atoms with Gasteiger partial charge in [-0.25, -0.2) is 8.78 Å². The molecule has 1 N–H and O–H groups in total. The number of rotatable bonds is 5. The maximum atomic E-state index is 13.7. The number of nitro groups is 1. The Morgan fingerprint density at radius 3 is 2.33 bits per heavy atom. The van der Waals surface area contributed by atoms with Gasteiger partial charge in [0.05, 0.1) is 11.0 Å². The topological polar surface area (TPSA) is 136 Å². The molecular weight excluding hydrogens is 360 g/mol. The summed E-state index contributed by atoms with van der Waals surface area (Å²) in [5.41, 5.74) is -1.48. The van der Waals surface area contributed by atoms with Crippen LogP contribution in [0.2, 0.25) is 0 Å². The van der Waals surface area contributed by atoms with Crippen LogP contribution >= 0.6 is 0 Å². The van der Waals surface area contributed by atoms with Crippen LogP contribution in [0, 0.1) is 55.7 Å². The number of anilines is 1. The molecule has 0 heterocycles. The van der Waals surface area contributed by atoms with E-state index in [0.717, 1.165) is 24.3 Å². The second-order valence-electron chi connectivity index (χ2n) is 4.86. The van der Waals surface area contributed by atoms with E-state index in [9.17, 15) is 18.9 Å². The maximum absolute atomic E-state index is 13.7. The molecule has 0 bridgehead atoms. The smallest absolute Gasteiger partial charge is 0.275 e. The summed E-state index contributed by atoms with van der Waals surface area (Å²) < 4.78 is 31.9. The number of nitrogens with zero attached hydrogens (tertiary/aromatic N) is 4. The second kappa shape index (κ2) is 8.06. The average Bonchev–Trinajstić information content (AvgIpc) is 2.64. The number of benzene rings is 2. The van der Waals surface area contributed by atoms with E-state index in [4.69, 9.17) is 20.5 Å². The van der Waals surface area contributed by atoms with Crippen molar-refractivity contribution in [2.45, 2.75) is 0 Å². The minimum Gasteiger partial charge on any atom is -0.454 e. The Labute approximate surface area is 150 Å². The largest absolute Gasteiger partial charge is 0.454 e. The van der Waals surface area contributed by atoms with Crippen LogP contribution in [-0.2, 0) is 0 Å². The molecule has 0 aliphatic rings. The molecular formula is C17H7F2N5O3. The Kier molecular flexibility index (Phi) is 5.62. The number of hydrogen-bond donors (Lipinski definition) is 1. The van der Waals surface area contributed by atoms with Gasteiger partial charge in [0.25, 0.3) is 5.69 Å².